The van der Waals surface area contributed by atoms with Crippen LogP contribution in [0, 0.1) is 16.1 Å². The number of ether oxygens (including phenoxy) is 2. The third-order valence-electron chi connectivity index (χ3n) is 2.52. The van der Waals surface area contributed by atoms with Crippen molar-refractivity contribution in [3.05, 3.63) is 58.2 Å². The normalized spacial score (nSPS) is 10.0. The molecule has 0 saturated heterocycles. The first-order valence-electron chi connectivity index (χ1n) is 5.68. The molecule has 21 heavy (non-hydrogen) atoms. The maximum Gasteiger partial charge on any atom is 0.345 e. The van der Waals surface area contributed by atoms with Crippen LogP contribution in [0.3, 0.4) is 0 Å². The van der Waals surface area contributed by atoms with E-state index in [0.717, 1.165) is 19.2 Å². The lowest BCUT2D eigenvalue weighted by molar-refractivity contribution is -0.385. The average molecular weight is 292 g/mol. The summed E-state index contributed by atoms with van der Waals surface area (Å²) >= 11 is 0. The van der Waals surface area contributed by atoms with Gasteiger partial charge in [0.15, 0.2) is 5.75 Å². The summed E-state index contributed by atoms with van der Waals surface area (Å²) in [7, 11) is 1.10. The standard InChI is InChI=1S/C13H9FN2O5/c1-20-13(17)9-7-8(4-5-10(9)16(18)19)21-11-3-2-6-15-12(11)14/h2-7H,1H3. The van der Waals surface area contributed by atoms with E-state index in [-0.39, 0.29) is 17.1 Å². The number of pyridine rings is 1. The number of nitrogens with zero attached hydrogens (tertiary/aromatic N) is 2. The van der Waals surface area contributed by atoms with Crippen LogP contribution < -0.4 is 4.74 Å². The highest BCUT2D eigenvalue weighted by atomic mass is 19.1. The van der Waals surface area contributed by atoms with Gasteiger partial charge in [-0.2, -0.15) is 4.39 Å². The van der Waals surface area contributed by atoms with Gasteiger partial charge in [-0.15, -0.1) is 0 Å². The summed E-state index contributed by atoms with van der Waals surface area (Å²) in [5.74, 6) is -1.84. The lowest BCUT2D eigenvalue weighted by Crippen LogP contribution is -2.06. The van der Waals surface area contributed by atoms with E-state index in [9.17, 15) is 19.3 Å². The van der Waals surface area contributed by atoms with Crippen molar-refractivity contribution in [1.82, 2.24) is 4.98 Å². The zero-order chi connectivity index (χ0) is 15.4. The van der Waals surface area contributed by atoms with E-state index in [1.165, 1.54) is 24.4 Å². The number of methoxy groups -OCH3 is 1. The predicted octanol–water partition coefficient (Wildman–Crippen LogP) is 2.71. The lowest BCUT2D eigenvalue weighted by Gasteiger charge is -2.07. The highest BCUT2D eigenvalue weighted by molar-refractivity contribution is 5.94. The zero-order valence-corrected chi connectivity index (χ0v) is 10.8. The van der Waals surface area contributed by atoms with Gasteiger partial charge in [0, 0.05) is 18.3 Å². The van der Waals surface area contributed by atoms with Crippen molar-refractivity contribution in [3.8, 4) is 11.5 Å². The van der Waals surface area contributed by atoms with Crippen molar-refractivity contribution in [2.75, 3.05) is 7.11 Å². The fourth-order valence-corrected chi connectivity index (χ4v) is 1.59. The molecule has 2 rings (SSSR count). The first-order chi connectivity index (χ1) is 10.0. The van der Waals surface area contributed by atoms with Crippen LogP contribution >= 0.6 is 0 Å². The molecule has 0 radical (unpaired) electrons. The molecule has 0 N–H and O–H groups in total. The van der Waals surface area contributed by atoms with Gasteiger partial charge in [-0.1, -0.05) is 0 Å². The Morgan fingerprint density at radius 2 is 2.14 bits per heavy atom. The van der Waals surface area contributed by atoms with E-state index >= 15 is 0 Å². The fraction of sp³-hybridized carbons (Fsp3) is 0.0769. The number of aromatic nitrogens is 1. The Bertz CT molecular complexity index is 705. The predicted molar refractivity (Wildman–Crippen MR) is 68.7 cm³/mol. The average Bonchev–Trinajstić information content (AvgIpc) is 2.48. The van der Waals surface area contributed by atoms with Crippen molar-refractivity contribution >= 4 is 11.7 Å². The lowest BCUT2D eigenvalue weighted by atomic mass is 10.1. The molecule has 0 fully saturated rings. The van der Waals surface area contributed by atoms with Crippen molar-refractivity contribution in [1.29, 1.82) is 0 Å². The van der Waals surface area contributed by atoms with Crippen LogP contribution in [0.2, 0.25) is 0 Å². The SMILES string of the molecule is COC(=O)c1cc(Oc2cccnc2F)ccc1[N+](=O)[O-]. The largest absolute Gasteiger partial charge is 0.465 e. The minimum Gasteiger partial charge on any atom is -0.465 e. The summed E-state index contributed by atoms with van der Waals surface area (Å²) in [5, 5.41) is 10.9. The molecule has 0 aliphatic heterocycles. The molecule has 0 amide bonds. The van der Waals surface area contributed by atoms with Gasteiger partial charge in [0.2, 0.25) is 0 Å². The van der Waals surface area contributed by atoms with Crippen LogP contribution in [0.4, 0.5) is 10.1 Å². The van der Waals surface area contributed by atoms with E-state index < -0.39 is 22.5 Å². The van der Waals surface area contributed by atoms with Crippen LogP contribution in [-0.2, 0) is 4.74 Å². The second kappa shape index (κ2) is 5.95. The number of carbonyl (C=O) groups is 1. The Hall–Kier alpha value is -3.03. The third kappa shape index (κ3) is 3.11. The maximum atomic E-state index is 13.4. The van der Waals surface area contributed by atoms with Gasteiger partial charge in [0.25, 0.3) is 11.6 Å². The van der Waals surface area contributed by atoms with Crippen LogP contribution in [0.1, 0.15) is 10.4 Å². The van der Waals surface area contributed by atoms with E-state index in [2.05, 4.69) is 9.72 Å². The molecule has 0 saturated carbocycles. The smallest absolute Gasteiger partial charge is 0.345 e. The molecule has 1 heterocycles. The highest BCUT2D eigenvalue weighted by Crippen LogP contribution is 2.28. The number of halogens is 1. The van der Waals surface area contributed by atoms with Gasteiger partial charge >= 0.3 is 5.97 Å². The number of nitro benzene ring substituents is 1. The highest BCUT2D eigenvalue weighted by Gasteiger charge is 2.22. The van der Waals surface area contributed by atoms with Crippen LogP contribution in [0.5, 0.6) is 11.5 Å². The molecule has 108 valence electrons. The molecule has 8 heteroatoms. The minimum atomic E-state index is -0.890. The first kappa shape index (κ1) is 14.4. The Morgan fingerprint density at radius 1 is 1.38 bits per heavy atom. The second-order valence-corrected chi connectivity index (χ2v) is 3.82. The van der Waals surface area contributed by atoms with Gasteiger partial charge < -0.3 is 9.47 Å². The fourth-order valence-electron chi connectivity index (χ4n) is 1.59. The number of rotatable bonds is 4. The molecule has 0 spiro atoms. The number of hydrogen-bond acceptors (Lipinski definition) is 6. The summed E-state index contributed by atoms with van der Waals surface area (Å²) in [5.41, 5.74) is -0.717. The first-order valence-corrected chi connectivity index (χ1v) is 5.68. The summed E-state index contributed by atoms with van der Waals surface area (Å²) in [6.45, 7) is 0. The van der Waals surface area contributed by atoms with E-state index in [1.807, 2.05) is 0 Å². The number of benzene rings is 1. The summed E-state index contributed by atoms with van der Waals surface area (Å²) in [6, 6.07) is 6.23. The number of carbonyl (C=O) groups excluding carboxylic acids is 1. The Balaban J connectivity index is 2.40. The molecule has 0 bridgehead atoms. The van der Waals surface area contributed by atoms with E-state index in [1.54, 1.807) is 0 Å². The summed E-state index contributed by atoms with van der Waals surface area (Å²) in [6.07, 6.45) is 1.25. The summed E-state index contributed by atoms with van der Waals surface area (Å²) < 4.78 is 23.1. The van der Waals surface area contributed by atoms with Gasteiger partial charge in [-0.3, -0.25) is 10.1 Å². The van der Waals surface area contributed by atoms with Gasteiger partial charge in [0.1, 0.15) is 11.3 Å². The molecule has 1 aromatic heterocycles. The monoisotopic (exact) mass is 292 g/mol. The third-order valence-corrected chi connectivity index (χ3v) is 2.52. The van der Waals surface area contributed by atoms with Crippen molar-refractivity contribution < 1.29 is 23.6 Å². The maximum absolute atomic E-state index is 13.4. The van der Waals surface area contributed by atoms with Crippen LogP contribution in [0.25, 0.3) is 0 Å². The van der Waals surface area contributed by atoms with E-state index in [4.69, 9.17) is 4.74 Å². The molecular weight excluding hydrogens is 283 g/mol. The molecule has 2 aromatic rings. The van der Waals surface area contributed by atoms with Gasteiger partial charge in [-0.05, 0) is 18.2 Å². The minimum absolute atomic E-state index is 0.0490. The second-order valence-electron chi connectivity index (χ2n) is 3.82. The van der Waals surface area contributed by atoms with Crippen LogP contribution in [-0.4, -0.2) is 23.0 Å². The summed E-state index contributed by atoms with van der Waals surface area (Å²) in [4.78, 5) is 25.1. The Kier molecular flexibility index (Phi) is 4.07. The molecular formula is C13H9FN2O5. The Labute approximate surface area is 118 Å². The molecule has 0 aliphatic carbocycles. The molecule has 0 unspecified atom stereocenters. The van der Waals surface area contributed by atoms with Crippen molar-refractivity contribution in [2.24, 2.45) is 0 Å². The van der Waals surface area contributed by atoms with Gasteiger partial charge in [0.05, 0.1) is 12.0 Å². The number of nitro groups is 1. The molecule has 1 aromatic carbocycles. The Morgan fingerprint density at radius 3 is 2.76 bits per heavy atom. The van der Waals surface area contributed by atoms with Crippen molar-refractivity contribution in [3.63, 3.8) is 0 Å². The zero-order valence-electron chi connectivity index (χ0n) is 10.8. The van der Waals surface area contributed by atoms with E-state index in [0.29, 0.717) is 0 Å². The topological polar surface area (TPSA) is 91.6 Å². The molecule has 0 aliphatic rings. The molecule has 0 atom stereocenters. The van der Waals surface area contributed by atoms with Crippen LogP contribution in [0.15, 0.2) is 36.5 Å². The number of hydrogen-bond donors (Lipinski definition) is 0. The quantitative estimate of drug-likeness (QED) is 0.372. The molecule has 7 nitrogen and oxygen atoms in total. The number of esters is 1. The van der Waals surface area contributed by atoms with Gasteiger partial charge in [-0.25, -0.2) is 9.78 Å². The van der Waals surface area contributed by atoms with Crippen molar-refractivity contribution in [2.45, 2.75) is 0 Å².